The smallest absolute Gasteiger partial charge is 0.171 e. The summed E-state index contributed by atoms with van der Waals surface area (Å²) in [7, 11) is 0. The number of carbonyl (C=O) groups is 1. The highest BCUT2D eigenvalue weighted by Gasteiger charge is 2.21. The molecule has 3 heteroatoms. The Labute approximate surface area is 97.7 Å². The molecule has 0 aliphatic carbocycles. The highest BCUT2D eigenvalue weighted by atomic mass is 19.1. The molecule has 2 nitrogen and oxygen atoms in total. The van der Waals surface area contributed by atoms with Crippen molar-refractivity contribution in [1.29, 1.82) is 0 Å². The minimum absolute atomic E-state index is 0.0510. The van der Waals surface area contributed by atoms with Crippen molar-refractivity contribution < 1.29 is 13.9 Å². The first-order valence-electron chi connectivity index (χ1n) is 5.32. The monoisotopic (exact) mass is 228 g/mol. The summed E-state index contributed by atoms with van der Waals surface area (Å²) in [6.45, 7) is 0. The fraction of sp³-hybridized carbons (Fsp3) is 0.0714. The number of hydrogen-bond acceptors (Lipinski definition) is 2. The average molecular weight is 228 g/mol. The van der Waals surface area contributed by atoms with Gasteiger partial charge in [-0.15, -0.1) is 0 Å². The van der Waals surface area contributed by atoms with Crippen molar-refractivity contribution in [2.75, 3.05) is 0 Å². The molecule has 0 unspecified atom stereocenters. The highest BCUT2D eigenvalue weighted by Crippen LogP contribution is 2.33. The second kappa shape index (κ2) is 3.70. The van der Waals surface area contributed by atoms with Crippen molar-refractivity contribution >= 4 is 5.78 Å². The maximum atomic E-state index is 13.1. The standard InChI is InChI=1S/C14H9FO2/c15-10-5-6-11-12(16)7-9-3-1-2-4-13(9)17-14(11)8-10/h1-6,8H,7H2. The summed E-state index contributed by atoms with van der Waals surface area (Å²) >= 11 is 0. The minimum atomic E-state index is -0.407. The Morgan fingerprint density at radius 1 is 1.06 bits per heavy atom. The van der Waals surface area contributed by atoms with Crippen LogP contribution in [0, 0.1) is 5.82 Å². The van der Waals surface area contributed by atoms with Gasteiger partial charge in [-0.1, -0.05) is 18.2 Å². The Hall–Kier alpha value is -2.16. The molecule has 0 saturated heterocycles. The summed E-state index contributed by atoms with van der Waals surface area (Å²) in [6, 6.07) is 11.3. The van der Waals surface area contributed by atoms with Crippen LogP contribution in [0.1, 0.15) is 15.9 Å². The normalized spacial score (nSPS) is 13.4. The molecule has 0 spiro atoms. The first-order chi connectivity index (χ1) is 8.24. The fourth-order valence-corrected chi connectivity index (χ4v) is 1.95. The summed E-state index contributed by atoms with van der Waals surface area (Å²) in [4.78, 5) is 12.0. The Bertz CT molecular complexity index is 605. The number of hydrogen-bond donors (Lipinski definition) is 0. The third kappa shape index (κ3) is 1.69. The van der Waals surface area contributed by atoms with Crippen molar-refractivity contribution in [3.8, 4) is 11.5 Å². The van der Waals surface area contributed by atoms with Crippen molar-refractivity contribution in [2.45, 2.75) is 6.42 Å². The lowest BCUT2D eigenvalue weighted by Gasteiger charge is -2.07. The summed E-state index contributed by atoms with van der Waals surface area (Å²) in [6.07, 6.45) is 0.287. The zero-order valence-electron chi connectivity index (χ0n) is 8.94. The molecule has 0 fully saturated rings. The van der Waals surface area contributed by atoms with E-state index in [-0.39, 0.29) is 12.2 Å². The number of rotatable bonds is 0. The lowest BCUT2D eigenvalue weighted by molar-refractivity contribution is 0.0993. The van der Waals surface area contributed by atoms with Crippen LogP contribution in [0.25, 0.3) is 0 Å². The van der Waals surface area contributed by atoms with Gasteiger partial charge in [0.15, 0.2) is 5.78 Å². The van der Waals surface area contributed by atoms with Gasteiger partial charge in [0.25, 0.3) is 0 Å². The molecule has 0 amide bonds. The van der Waals surface area contributed by atoms with Gasteiger partial charge in [-0.25, -0.2) is 4.39 Å². The van der Waals surface area contributed by atoms with E-state index in [0.29, 0.717) is 17.1 Å². The van der Waals surface area contributed by atoms with E-state index in [4.69, 9.17) is 4.74 Å². The van der Waals surface area contributed by atoms with E-state index in [2.05, 4.69) is 0 Å². The van der Waals surface area contributed by atoms with Gasteiger partial charge >= 0.3 is 0 Å². The zero-order valence-corrected chi connectivity index (χ0v) is 8.94. The predicted molar refractivity (Wildman–Crippen MR) is 61.0 cm³/mol. The molecule has 2 aromatic rings. The number of ether oxygens (including phenoxy) is 1. The van der Waals surface area contributed by atoms with Crippen molar-refractivity contribution in [3.05, 3.63) is 59.4 Å². The van der Waals surface area contributed by atoms with Crippen molar-refractivity contribution in [1.82, 2.24) is 0 Å². The molecule has 1 heterocycles. The van der Waals surface area contributed by atoms with Gasteiger partial charge < -0.3 is 4.74 Å². The van der Waals surface area contributed by atoms with E-state index in [0.717, 1.165) is 5.56 Å². The summed E-state index contributed by atoms with van der Waals surface area (Å²) in [5.41, 5.74) is 1.26. The lowest BCUT2D eigenvalue weighted by Crippen LogP contribution is -2.01. The topological polar surface area (TPSA) is 26.3 Å². The molecule has 0 N–H and O–H groups in total. The van der Waals surface area contributed by atoms with Crippen LogP contribution in [0.15, 0.2) is 42.5 Å². The molecule has 84 valence electrons. The maximum absolute atomic E-state index is 13.1. The van der Waals surface area contributed by atoms with Crippen LogP contribution < -0.4 is 4.74 Å². The molecule has 0 bridgehead atoms. The van der Waals surface area contributed by atoms with Crippen LogP contribution in [0.4, 0.5) is 4.39 Å². The molecule has 1 aliphatic heterocycles. The predicted octanol–water partition coefficient (Wildman–Crippen LogP) is 3.36. The van der Waals surface area contributed by atoms with Crippen LogP contribution in [0.3, 0.4) is 0 Å². The van der Waals surface area contributed by atoms with E-state index >= 15 is 0 Å². The van der Waals surface area contributed by atoms with Gasteiger partial charge in [-0.3, -0.25) is 4.79 Å². The van der Waals surface area contributed by atoms with Gasteiger partial charge in [0.2, 0.25) is 0 Å². The second-order valence-corrected chi connectivity index (χ2v) is 3.95. The van der Waals surface area contributed by atoms with Crippen LogP contribution in [0.5, 0.6) is 11.5 Å². The molecule has 1 aliphatic rings. The summed E-state index contributed by atoms with van der Waals surface area (Å²) in [5, 5.41) is 0. The van der Waals surface area contributed by atoms with E-state index in [1.807, 2.05) is 18.2 Å². The summed E-state index contributed by atoms with van der Waals surface area (Å²) < 4.78 is 18.7. The highest BCUT2D eigenvalue weighted by molar-refractivity contribution is 6.01. The first-order valence-corrected chi connectivity index (χ1v) is 5.32. The van der Waals surface area contributed by atoms with Gasteiger partial charge in [0.1, 0.15) is 17.3 Å². The number of para-hydroxylation sites is 1. The quantitative estimate of drug-likeness (QED) is 0.691. The van der Waals surface area contributed by atoms with Crippen molar-refractivity contribution in [3.63, 3.8) is 0 Å². The molecule has 0 saturated carbocycles. The molecule has 0 aromatic heterocycles. The third-order valence-electron chi connectivity index (χ3n) is 2.79. The molecule has 2 aromatic carbocycles. The maximum Gasteiger partial charge on any atom is 0.171 e. The SMILES string of the molecule is O=C1Cc2ccccc2Oc2cc(F)ccc21. The molecule has 0 atom stereocenters. The number of fused-ring (bicyclic) bond motifs is 2. The molecule has 3 rings (SSSR count). The van der Waals surface area contributed by atoms with Crippen LogP contribution >= 0.6 is 0 Å². The lowest BCUT2D eigenvalue weighted by atomic mass is 10.0. The van der Waals surface area contributed by atoms with Gasteiger partial charge in [-0.05, 0) is 18.2 Å². The Balaban J connectivity index is 2.18. The van der Waals surface area contributed by atoms with Gasteiger partial charge in [-0.2, -0.15) is 0 Å². The number of benzene rings is 2. The number of ketones is 1. The van der Waals surface area contributed by atoms with Crippen LogP contribution in [-0.2, 0) is 6.42 Å². The van der Waals surface area contributed by atoms with Crippen molar-refractivity contribution in [2.24, 2.45) is 0 Å². The Kier molecular flexibility index (Phi) is 2.18. The molecule has 17 heavy (non-hydrogen) atoms. The Morgan fingerprint density at radius 3 is 2.76 bits per heavy atom. The molecule has 0 radical (unpaired) electrons. The van der Waals surface area contributed by atoms with Gasteiger partial charge in [0.05, 0.1) is 5.56 Å². The second-order valence-electron chi connectivity index (χ2n) is 3.95. The summed E-state index contributed by atoms with van der Waals surface area (Å²) in [5.74, 6) is 0.450. The van der Waals surface area contributed by atoms with Crippen LogP contribution in [0.2, 0.25) is 0 Å². The Morgan fingerprint density at radius 2 is 1.88 bits per heavy atom. The van der Waals surface area contributed by atoms with E-state index in [1.54, 1.807) is 6.07 Å². The number of halogens is 1. The fourth-order valence-electron chi connectivity index (χ4n) is 1.95. The number of carbonyl (C=O) groups excluding carboxylic acids is 1. The first kappa shape index (κ1) is 10.0. The number of Topliss-reactive ketones (excluding diaryl/α,β-unsaturated/α-hetero) is 1. The van der Waals surface area contributed by atoms with Crippen LogP contribution in [-0.4, -0.2) is 5.78 Å². The zero-order chi connectivity index (χ0) is 11.8. The minimum Gasteiger partial charge on any atom is -0.456 e. The van der Waals surface area contributed by atoms with E-state index in [1.165, 1.54) is 18.2 Å². The van der Waals surface area contributed by atoms with E-state index in [9.17, 15) is 9.18 Å². The average Bonchev–Trinajstić information content (AvgIpc) is 2.44. The largest absolute Gasteiger partial charge is 0.456 e. The molecular formula is C14H9FO2. The third-order valence-corrected chi connectivity index (χ3v) is 2.79. The molecular weight excluding hydrogens is 219 g/mol. The van der Waals surface area contributed by atoms with E-state index < -0.39 is 5.82 Å². The van der Waals surface area contributed by atoms with Gasteiger partial charge in [0, 0.05) is 18.1 Å².